The molecule has 2 unspecified atom stereocenters. The molecule has 7 heteroatoms. The lowest BCUT2D eigenvalue weighted by Gasteiger charge is -2.27. The van der Waals surface area contributed by atoms with Crippen molar-refractivity contribution >= 4 is 27.3 Å². The van der Waals surface area contributed by atoms with E-state index in [9.17, 15) is 13.2 Å². The third kappa shape index (κ3) is 3.80. The maximum atomic E-state index is 12.2. The molecule has 2 heterocycles. The minimum absolute atomic E-state index is 0.0329. The monoisotopic (exact) mass is 316 g/mol. The van der Waals surface area contributed by atoms with Gasteiger partial charge in [-0.15, -0.1) is 11.3 Å². The van der Waals surface area contributed by atoms with Gasteiger partial charge in [0.05, 0.1) is 11.8 Å². The van der Waals surface area contributed by atoms with Gasteiger partial charge in [-0.25, -0.2) is 13.6 Å². The van der Waals surface area contributed by atoms with Crippen LogP contribution in [0.3, 0.4) is 0 Å². The molecule has 1 fully saturated rings. The van der Waals surface area contributed by atoms with Gasteiger partial charge in [0.1, 0.15) is 0 Å². The van der Waals surface area contributed by atoms with Crippen molar-refractivity contribution in [3.05, 3.63) is 22.4 Å². The van der Waals surface area contributed by atoms with Crippen molar-refractivity contribution in [1.29, 1.82) is 0 Å². The maximum Gasteiger partial charge on any atom is 0.223 e. The van der Waals surface area contributed by atoms with E-state index in [1.165, 1.54) is 0 Å². The lowest BCUT2D eigenvalue weighted by atomic mass is 10.1. The van der Waals surface area contributed by atoms with Crippen molar-refractivity contribution in [2.75, 3.05) is 12.3 Å². The first-order valence-electron chi connectivity index (χ1n) is 6.74. The number of thiophene rings is 1. The highest BCUT2D eigenvalue weighted by atomic mass is 32.2. The molecular weight excluding hydrogens is 296 g/mol. The molecule has 0 spiro atoms. The summed E-state index contributed by atoms with van der Waals surface area (Å²) in [4.78, 5) is 15.2. The fraction of sp³-hybridized carbons (Fsp3) is 0.615. The topological polar surface area (TPSA) is 80.5 Å². The lowest BCUT2D eigenvalue weighted by molar-refractivity contribution is -0.129. The zero-order valence-electron chi connectivity index (χ0n) is 11.5. The second-order valence-electron chi connectivity index (χ2n) is 5.27. The van der Waals surface area contributed by atoms with Crippen molar-refractivity contribution in [2.24, 2.45) is 11.1 Å². The van der Waals surface area contributed by atoms with Gasteiger partial charge in [0.25, 0.3) is 0 Å². The Labute approximate surface area is 123 Å². The minimum Gasteiger partial charge on any atom is -0.335 e. The molecule has 0 saturated carbocycles. The highest BCUT2D eigenvalue weighted by molar-refractivity contribution is 7.89. The zero-order chi connectivity index (χ0) is 14.8. The highest BCUT2D eigenvalue weighted by Crippen LogP contribution is 2.34. The summed E-state index contributed by atoms with van der Waals surface area (Å²) in [7, 11) is -3.52. The van der Waals surface area contributed by atoms with Crippen LogP contribution in [-0.4, -0.2) is 31.5 Å². The Morgan fingerprint density at radius 2 is 2.30 bits per heavy atom. The molecule has 2 atom stereocenters. The largest absolute Gasteiger partial charge is 0.335 e. The van der Waals surface area contributed by atoms with E-state index in [4.69, 9.17) is 5.14 Å². The van der Waals surface area contributed by atoms with Gasteiger partial charge in [-0.05, 0) is 17.9 Å². The van der Waals surface area contributed by atoms with Crippen molar-refractivity contribution in [1.82, 2.24) is 4.90 Å². The molecule has 0 bridgehead atoms. The van der Waals surface area contributed by atoms with Gasteiger partial charge in [-0.1, -0.05) is 19.4 Å². The molecule has 1 aromatic heterocycles. The van der Waals surface area contributed by atoms with Crippen molar-refractivity contribution in [2.45, 2.75) is 32.2 Å². The normalized spacial score (nSPS) is 21.4. The SMILES string of the molecule is CCCC(c1cccs1)N1CC(CS(N)(=O)=O)CC1=O. The molecule has 0 radical (unpaired) electrons. The standard InChI is InChI=1S/C13H20N2O3S2/c1-2-4-11(12-5-3-6-19-12)15-8-10(7-13(15)16)9-20(14,17)18/h3,5-6,10-11H,2,4,7-9H2,1H3,(H2,14,17,18). The van der Waals surface area contributed by atoms with E-state index in [-0.39, 0.29) is 30.0 Å². The van der Waals surface area contributed by atoms with E-state index in [1.54, 1.807) is 11.3 Å². The number of primary sulfonamides is 1. The number of hydrogen-bond acceptors (Lipinski definition) is 4. The summed E-state index contributed by atoms with van der Waals surface area (Å²) in [6.45, 7) is 2.57. The summed E-state index contributed by atoms with van der Waals surface area (Å²) in [5, 5.41) is 7.08. The Hall–Kier alpha value is -0.920. The van der Waals surface area contributed by atoms with Crippen LogP contribution in [0, 0.1) is 5.92 Å². The number of sulfonamides is 1. The average Bonchev–Trinajstić information content (AvgIpc) is 2.94. The summed E-state index contributed by atoms with van der Waals surface area (Å²) in [5.74, 6) is -0.263. The van der Waals surface area contributed by atoms with Crippen LogP contribution in [0.5, 0.6) is 0 Å². The Bertz CT molecular complexity index is 554. The summed E-state index contributed by atoms with van der Waals surface area (Å²) in [6, 6.07) is 4.08. The number of rotatable bonds is 6. The molecular formula is C13H20N2O3S2. The van der Waals surface area contributed by atoms with Gasteiger partial charge < -0.3 is 4.90 Å². The minimum atomic E-state index is -3.52. The van der Waals surface area contributed by atoms with Crippen molar-refractivity contribution in [3.63, 3.8) is 0 Å². The van der Waals surface area contributed by atoms with Gasteiger partial charge >= 0.3 is 0 Å². The summed E-state index contributed by atoms with van der Waals surface area (Å²) < 4.78 is 22.3. The van der Waals surface area contributed by atoms with Crippen LogP contribution in [-0.2, 0) is 14.8 Å². The second kappa shape index (κ2) is 6.24. The van der Waals surface area contributed by atoms with Gasteiger partial charge in [-0.3, -0.25) is 4.79 Å². The quantitative estimate of drug-likeness (QED) is 0.868. The number of likely N-dealkylation sites (tertiary alicyclic amines) is 1. The van der Waals surface area contributed by atoms with Crippen molar-refractivity contribution < 1.29 is 13.2 Å². The first-order valence-corrected chi connectivity index (χ1v) is 9.33. The molecule has 1 saturated heterocycles. The van der Waals surface area contributed by atoms with Gasteiger partial charge in [0.2, 0.25) is 15.9 Å². The molecule has 1 aromatic rings. The van der Waals surface area contributed by atoms with Crippen molar-refractivity contribution in [3.8, 4) is 0 Å². The molecule has 20 heavy (non-hydrogen) atoms. The second-order valence-corrected chi connectivity index (χ2v) is 7.90. The van der Waals surface area contributed by atoms with Gasteiger partial charge in [0, 0.05) is 23.8 Å². The molecule has 2 rings (SSSR count). The van der Waals surface area contributed by atoms with E-state index >= 15 is 0 Å². The molecule has 2 N–H and O–H groups in total. The number of carbonyl (C=O) groups is 1. The summed E-state index contributed by atoms with van der Waals surface area (Å²) in [5.41, 5.74) is 0. The summed E-state index contributed by atoms with van der Waals surface area (Å²) >= 11 is 1.64. The number of nitrogens with two attached hydrogens (primary N) is 1. The first kappa shape index (κ1) is 15.5. The molecule has 1 aliphatic rings. The first-order chi connectivity index (χ1) is 9.40. The Balaban J connectivity index is 2.12. The Morgan fingerprint density at radius 1 is 1.55 bits per heavy atom. The van der Waals surface area contributed by atoms with Crippen LogP contribution in [0.25, 0.3) is 0 Å². The van der Waals surface area contributed by atoms with E-state index in [1.807, 2.05) is 22.4 Å². The Morgan fingerprint density at radius 3 is 2.85 bits per heavy atom. The highest BCUT2D eigenvalue weighted by Gasteiger charge is 2.36. The molecule has 112 valence electrons. The van der Waals surface area contributed by atoms with Crippen LogP contribution in [0.2, 0.25) is 0 Å². The predicted octanol–water partition coefficient (Wildman–Crippen LogP) is 1.73. The summed E-state index contributed by atoms with van der Waals surface area (Å²) in [6.07, 6.45) is 2.16. The van der Waals surface area contributed by atoms with Gasteiger partial charge in [0.15, 0.2) is 0 Å². The van der Waals surface area contributed by atoms with Crippen LogP contribution in [0.15, 0.2) is 17.5 Å². The third-order valence-electron chi connectivity index (χ3n) is 3.52. The average molecular weight is 316 g/mol. The molecule has 0 aliphatic carbocycles. The van der Waals surface area contributed by atoms with Crippen LogP contribution in [0.4, 0.5) is 0 Å². The zero-order valence-corrected chi connectivity index (χ0v) is 13.1. The van der Waals surface area contributed by atoms with E-state index in [0.29, 0.717) is 6.54 Å². The Kier molecular flexibility index (Phi) is 4.82. The van der Waals surface area contributed by atoms with E-state index < -0.39 is 10.0 Å². The van der Waals surface area contributed by atoms with Crippen LogP contribution < -0.4 is 5.14 Å². The number of amides is 1. The molecule has 1 amide bonds. The smallest absolute Gasteiger partial charge is 0.223 e. The van der Waals surface area contributed by atoms with E-state index in [0.717, 1.165) is 17.7 Å². The third-order valence-corrected chi connectivity index (χ3v) is 5.43. The molecule has 0 aromatic carbocycles. The van der Waals surface area contributed by atoms with E-state index in [2.05, 4.69) is 6.92 Å². The number of nitrogens with zero attached hydrogens (tertiary/aromatic N) is 1. The van der Waals surface area contributed by atoms with Gasteiger partial charge in [-0.2, -0.15) is 0 Å². The number of carbonyl (C=O) groups excluding carboxylic acids is 1. The predicted molar refractivity (Wildman–Crippen MR) is 79.8 cm³/mol. The maximum absolute atomic E-state index is 12.2. The molecule has 1 aliphatic heterocycles. The fourth-order valence-electron chi connectivity index (χ4n) is 2.76. The lowest BCUT2D eigenvalue weighted by Crippen LogP contribution is -2.31. The number of hydrogen-bond donors (Lipinski definition) is 1. The fourth-order valence-corrected chi connectivity index (χ4v) is 4.51. The van der Waals surface area contributed by atoms with Crippen LogP contribution >= 0.6 is 11.3 Å². The molecule has 5 nitrogen and oxygen atoms in total. The van der Waals surface area contributed by atoms with Crippen LogP contribution in [0.1, 0.15) is 37.1 Å².